The molecule has 7 fully saturated rings. The van der Waals surface area contributed by atoms with Crippen LogP contribution in [0.25, 0.3) is 0 Å². The molecule has 0 aromatic carbocycles. The van der Waals surface area contributed by atoms with Crippen LogP contribution in [-0.2, 0) is 38.0 Å². The van der Waals surface area contributed by atoms with Gasteiger partial charge in [0.05, 0.1) is 24.7 Å². The van der Waals surface area contributed by atoms with Crippen molar-refractivity contribution in [1.82, 2.24) is 0 Å². The second kappa shape index (κ2) is 18.0. The lowest BCUT2D eigenvalue weighted by molar-refractivity contribution is -0.363. The van der Waals surface area contributed by atoms with Crippen LogP contribution < -0.4 is 0 Å². The summed E-state index contributed by atoms with van der Waals surface area (Å²) in [5.41, 5.74) is -0.914. The summed E-state index contributed by atoms with van der Waals surface area (Å²) in [6.07, 6.45) is -16.3. The SMILES string of the molecule is CC1(C)CC[C@]2(C(=O)O[C@@H]3O[C@H](CO)[C@@H](O)[C@H](O)[C@H]3O)CC[C@]3(C)C(=CC[C@@H]4[C@@]5(C)CC[C@H](O[C@@H]6O[C@H](C(=O)O)[C@H](O[C@@H]7O[C@H](CO)[C@H](O)[C@H](O)[C@@H]7O)[C@H](O)[C@@H]6O)C(C)(C)[C@H]5CC[C@]43C)[C@@H]2C1. The number of fused-ring (bicyclic) bond motifs is 7. The number of hydrogen-bond donors (Lipinski definition) is 11. The van der Waals surface area contributed by atoms with E-state index in [0.29, 0.717) is 25.7 Å². The number of carbonyl (C=O) groups excluding carboxylic acids is 1. The molecule has 382 valence electrons. The zero-order valence-electron chi connectivity index (χ0n) is 39.7. The van der Waals surface area contributed by atoms with Gasteiger partial charge in [0, 0.05) is 0 Å². The number of rotatable bonds is 9. The minimum atomic E-state index is -1.91. The molecule has 3 aliphatic heterocycles. The van der Waals surface area contributed by atoms with E-state index in [4.69, 9.17) is 28.4 Å². The second-order valence-corrected chi connectivity index (χ2v) is 23.5. The molecule has 3 heterocycles. The summed E-state index contributed by atoms with van der Waals surface area (Å²) in [4.78, 5) is 27.3. The summed E-state index contributed by atoms with van der Waals surface area (Å²) >= 11 is 0. The topological polar surface area (TPSA) is 312 Å². The normalized spacial score (nSPS) is 52.6. The molecule has 5 aliphatic carbocycles. The number of carboxylic acids is 1. The Morgan fingerprint density at radius 1 is 0.642 bits per heavy atom. The summed E-state index contributed by atoms with van der Waals surface area (Å²) in [6, 6.07) is 0. The van der Waals surface area contributed by atoms with Gasteiger partial charge in [0.2, 0.25) is 6.29 Å². The molecular formula is C48H76O19. The molecule has 0 spiro atoms. The Morgan fingerprint density at radius 2 is 1.21 bits per heavy atom. The predicted octanol–water partition coefficient (Wildman–Crippen LogP) is 0.233. The molecule has 0 aromatic heterocycles. The van der Waals surface area contributed by atoms with E-state index >= 15 is 0 Å². The lowest BCUT2D eigenvalue weighted by Gasteiger charge is -2.71. The maximum absolute atomic E-state index is 14.7. The highest BCUT2D eigenvalue weighted by atomic mass is 16.7. The van der Waals surface area contributed by atoms with E-state index in [1.54, 1.807) is 0 Å². The first-order valence-electron chi connectivity index (χ1n) is 24.3. The number of aliphatic hydroxyl groups is 10. The minimum Gasteiger partial charge on any atom is -0.479 e. The zero-order valence-corrected chi connectivity index (χ0v) is 39.7. The molecule has 0 aromatic rings. The number of carbonyl (C=O) groups is 2. The van der Waals surface area contributed by atoms with Gasteiger partial charge in [-0.15, -0.1) is 0 Å². The van der Waals surface area contributed by atoms with Crippen LogP contribution in [0, 0.1) is 50.2 Å². The lowest BCUT2D eigenvalue weighted by atomic mass is 9.33. The minimum absolute atomic E-state index is 0.0745. The van der Waals surface area contributed by atoms with E-state index in [1.165, 1.54) is 5.57 Å². The molecule has 19 nitrogen and oxygen atoms in total. The number of aliphatic hydroxyl groups excluding tert-OH is 10. The van der Waals surface area contributed by atoms with Gasteiger partial charge in [0.25, 0.3) is 0 Å². The van der Waals surface area contributed by atoms with Gasteiger partial charge >= 0.3 is 11.9 Å². The maximum Gasteiger partial charge on any atom is 0.335 e. The fourth-order valence-corrected chi connectivity index (χ4v) is 15.0. The second-order valence-electron chi connectivity index (χ2n) is 23.5. The predicted molar refractivity (Wildman–Crippen MR) is 231 cm³/mol. The summed E-state index contributed by atoms with van der Waals surface area (Å²) < 4.78 is 35.0. The van der Waals surface area contributed by atoms with Crippen LogP contribution in [0.3, 0.4) is 0 Å². The van der Waals surface area contributed by atoms with E-state index in [-0.39, 0.29) is 39.4 Å². The molecule has 0 unspecified atom stereocenters. The smallest absolute Gasteiger partial charge is 0.335 e. The van der Waals surface area contributed by atoms with Crippen LogP contribution in [0.2, 0.25) is 0 Å². The molecule has 11 N–H and O–H groups in total. The van der Waals surface area contributed by atoms with Gasteiger partial charge in [-0.1, -0.05) is 60.1 Å². The Kier molecular flexibility index (Phi) is 13.8. The van der Waals surface area contributed by atoms with Crippen LogP contribution >= 0.6 is 0 Å². The van der Waals surface area contributed by atoms with E-state index in [9.17, 15) is 65.8 Å². The van der Waals surface area contributed by atoms with Crippen molar-refractivity contribution in [3.05, 3.63) is 11.6 Å². The van der Waals surface area contributed by atoms with Gasteiger partial charge in [0.15, 0.2) is 18.7 Å². The number of aliphatic carboxylic acids is 1. The number of allylic oxidation sites excluding steroid dienone is 2. The van der Waals surface area contributed by atoms with Crippen molar-refractivity contribution >= 4 is 11.9 Å². The summed E-state index contributed by atoms with van der Waals surface area (Å²) in [7, 11) is 0. The zero-order chi connectivity index (χ0) is 49.1. The molecular weight excluding hydrogens is 881 g/mol. The van der Waals surface area contributed by atoms with Crippen LogP contribution in [0.15, 0.2) is 11.6 Å². The lowest BCUT2D eigenvalue weighted by Crippen LogP contribution is -2.67. The van der Waals surface area contributed by atoms with Crippen LogP contribution in [0.4, 0.5) is 0 Å². The quantitative estimate of drug-likeness (QED) is 0.0838. The fourth-order valence-electron chi connectivity index (χ4n) is 15.0. The Bertz CT molecular complexity index is 1870. The van der Waals surface area contributed by atoms with Crippen LogP contribution in [0.5, 0.6) is 0 Å². The van der Waals surface area contributed by atoms with Crippen molar-refractivity contribution in [2.45, 2.75) is 211 Å². The molecule has 23 atom stereocenters. The van der Waals surface area contributed by atoms with Gasteiger partial charge in [-0.3, -0.25) is 4.79 Å². The van der Waals surface area contributed by atoms with Crippen molar-refractivity contribution in [3.63, 3.8) is 0 Å². The first-order chi connectivity index (χ1) is 31.2. The van der Waals surface area contributed by atoms with E-state index in [1.807, 2.05) is 0 Å². The van der Waals surface area contributed by atoms with Gasteiger partial charge in [0.1, 0.15) is 67.1 Å². The van der Waals surface area contributed by atoms with Crippen LogP contribution in [0.1, 0.15) is 113 Å². The van der Waals surface area contributed by atoms with Crippen molar-refractivity contribution in [2.24, 2.45) is 50.2 Å². The van der Waals surface area contributed by atoms with Crippen molar-refractivity contribution in [1.29, 1.82) is 0 Å². The number of esters is 1. The Balaban J connectivity index is 1.01. The van der Waals surface area contributed by atoms with Crippen molar-refractivity contribution in [2.75, 3.05) is 13.2 Å². The molecule has 0 radical (unpaired) electrons. The van der Waals surface area contributed by atoms with E-state index < -0.39 is 134 Å². The summed E-state index contributed by atoms with van der Waals surface area (Å²) in [5.74, 6) is -1.88. The fraction of sp³-hybridized carbons (Fsp3) is 0.917. The number of ether oxygens (including phenoxy) is 6. The monoisotopic (exact) mass is 956 g/mol. The first kappa shape index (κ1) is 51.4. The Morgan fingerprint density at radius 3 is 1.82 bits per heavy atom. The number of carboxylic acid groups (broad SMARTS) is 1. The summed E-state index contributed by atoms with van der Waals surface area (Å²) in [5, 5.41) is 115. The molecule has 8 aliphatic rings. The largest absolute Gasteiger partial charge is 0.479 e. The van der Waals surface area contributed by atoms with E-state index in [0.717, 1.165) is 38.5 Å². The van der Waals surface area contributed by atoms with Crippen LogP contribution in [-0.4, -0.2) is 180 Å². The molecule has 19 heteroatoms. The van der Waals surface area contributed by atoms with Gasteiger partial charge in [-0.25, -0.2) is 4.79 Å². The van der Waals surface area contributed by atoms with Gasteiger partial charge < -0.3 is 84.6 Å². The Hall–Kier alpha value is -1.92. The van der Waals surface area contributed by atoms with Gasteiger partial charge in [-0.2, -0.15) is 0 Å². The molecule has 0 amide bonds. The third-order valence-electron chi connectivity index (χ3n) is 19.3. The standard InChI is InChI=1S/C48H76O19/c1-43(2)14-16-48(42(61)67-40-34(57)31(54)29(52)24(20-50)63-40)17-15-46(6)21(22(48)18-43)8-9-26-45(5)12-11-27(44(3,4)25(45)10-13-47(26,46)7)64-41-35(58)32(55)36(37(66-41)38(59)60)65-39-33(56)30(53)28(51)23(19-49)62-39/h8,22-37,39-41,49-58H,9-20H2,1-7H3,(H,59,60)/t22-,23+,24+,25+,26+,27-,28-,29+,30-,31-,32+,33-,34+,35-,36+,37-,39-,40-,41+,45-,46+,47+,48-/m0/s1. The van der Waals surface area contributed by atoms with Crippen molar-refractivity contribution in [3.8, 4) is 0 Å². The van der Waals surface area contributed by atoms with Crippen molar-refractivity contribution < 1.29 is 94.2 Å². The summed E-state index contributed by atoms with van der Waals surface area (Å²) in [6.45, 7) is 14.4. The maximum atomic E-state index is 14.7. The molecule has 8 rings (SSSR count). The molecule has 3 saturated heterocycles. The highest BCUT2D eigenvalue weighted by Crippen LogP contribution is 2.76. The van der Waals surface area contributed by atoms with E-state index in [2.05, 4.69) is 54.5 Å². The molecule has 4 saturated carbocycles. The van der Waals surface area contributed by atoms with Gasteiger partial charge in [-0.05, 0) is 109 Å². The molecule has 67 heavy (non-hydrogen) atoms. The average Bonchev–Trinajstić information content (AvgIpc) is 3.26. The third kappa shape index (κ3) is 8.06. The highest BCUT2D eigenvalue weighted by molar-refractivity contribution is 5.79. The highest BCUT2D eigenvalue weighted by Gasteiger charge is 2.70. The Labute approximate surface area is 391 Å². The number of hydrogen-bond acceptors (Lipinski definition) is 18. The first-order valence-corrected chi connectivity index (χ1v) is 24.3. The average molecular weight is 957 g/mol. The third-order valence-corrected chi connectivity index (χ3v) is 19.3. The molecule has 0 bridgehead atoms.